The zero-order valence-corrected chi connectivity index (χ0v) is 11.4. The Bertz CT molecular complexity index is 577. The molecule has 103 valence electrons. The van der Waals surface area contributed by atoms with Crippen LogP contribution < -0.4 is 0 Å². The summed E-state index contributed by atoms with van der Waals surface area (Å²) in [4.78, 5) is 12.1. The first-order valence-corrected chi connectivity index (χ1v) is 7.54. The van der Waals surface area contributed by atoms with E-state index in [1.54, 1.807) is 0 Å². The second-order valence-corrected chi connectivity index (χ2v) is 6.91. The highest BCUT2D eigenvalue weighted by Gasteiger charge is 2.31. The van der Waals surface area contributed by atoms with Gasteiger partial charge in [-0.1, -0.05) is 0 Å². The molecule has 1 radical (unpaired) electrons. The van der Waals surface area contributed by atoms with Crippen molar-refractivity contribution < 1.29 is 13.3 Å². The minimum absolute atomic E-state index is 0.0729. The third-order valence-electron chi connectivity index (χ3n) is 3.38. The van der Waals surface area contributed by atoms with Crippen LogP contribution in [0.15, 0.2) is 23.1 Å². The van der Waals surface area contributed by atoms with Crippen molar-refractivity contribution in [1.82, 2.24) is 4.90 Å². The summed E-state index contributed by atoms with van der Waals surface area (Å²) in [5.74, 6) is 0. The van der Waals surface area contributed by atoms with Gasteiger partial charge in [-0.15, -0.1) is 0 Å². The minimum atomic E-state index is -3.53. The first-order chi connectivity index (χ1) is 8.91. The van der Waals surface area contributed by atoms with E-state index in [1.807, 2.05) is 7.05 Å². The largest absolute Gasteiger partial charge is 0.306 e. The van der Waals surface area contributed by atoms with E-state index in [1.165, 1.54) is 12.1 Å². The maximum absolute atomic E-state index is 12.4. The summed E-state index contributed by atoms with van der Waals surface area (Å²) in [7, 11) is -1.58. The van der Waals surface area contributed by atoms with Crippen LogP contribution >= 0.6 is 0 Å². The smallest absolute Gasteiger partial charge is 0.270 e. The van der Waals surface area contributed by atoms with E-state index >= 15 is 0 Å². The van der Waals surface area contributed by atoms with Crippen LogP contribution in [0.1, 0.15) is 12.8 Å². The molecule has 0 spiro atoms. The van der Waals surface area contributed by atoms with Crippen molar-refractivity contribution in [3.05, 3.63) is 34.4 Å². The lowest BCUT2D eigenvalue weighted by molar-refractivity contribution is -0.385. The van der Waals surface area contributed by atoms with Crippen molar-refractivity contribution >= 4 is 15.5 Å². The lowest BCUT2D eigenvalue weighted by atomic mass is 10.1. The Balaban J connectivity index is 2.29. The molecule has 2 rings (SSSR count). The highest BCUT2D eigenvalue weighted by Crippen LogP contribution is 2.26. The van der Waals surface area contributed by atoms with Gasteiger partial charge in [0.1, 0.15) is 0 Å². The van der Waals surface area contributed by atoms with Crippen molar-refractivity contribution in [2.75, 3.05) is 20.1 Å². The molecule has 0 aromatic heterocycles. The summed E-state index contributed by atoms with van der Waals surface area (Å²) in [6, 6.07) is 6.23. The number of piperidine rings is 1. The molecular formula is C12H15N2O4S. The third-order valence-corrected chi connectivity index (χ3v) is 5.58. The topological polar surface area (TPSA) is 80.5 Å². The molecule has 0 unspecified atom stereocenters. The Morgan fingerprint density at radius 3 is 2.63 bits per heavy atom. The Morgan fingerprint density at radius 2 is 2.05 bits per heavy atom. The summed E-state index contributed by atoms with van der Waals surface area (Å²) in [5, 5.41) is 10.2. The summed E-state index contributed by atoms with van der Waals surface area (Å²) in [5.41, 5.74) is -0.217. The van der Waals surface area contributed by atoms with Gasteiger partial charge in [0.15, 0.2) is 9.84 Å². The number of rotatable bonds is 3. The number of nitro groups is 1. The van der Waals surface area contributed by atoms with Crippen LogP contribution in [0.3, 0.4) is 0 Å². The van der Waals surface area contributed by atoms with Crippen molar-refractivity contribution in [3.8, 4) is 0 Å². The van der Waals surface area contributed by atoms with E-state index in [0.29, 0.717) is 12.8 Å². The van der Waals surface area contributed by atoms with E-state index in [4.69, 9.17) is 0 Å². The number of hydrogen-bond donors (Lipinski definition) is 0. The molecule has 1 saturated heterocycles. The molecule has 0 saturated carbocycles. The number of sulfone groups is 1. The average Bonchev–Trinajstić information content (AvgIpc) is 2.39. The van der Waals surface area contributed by atoms with E-state index in [9.17, 15) is 18.5 Å². The van der Waals surface area contributed by atoms with E-state index in [-0.39, 0.29) is 10.6 Å². The monoisotopic (exact) mass is 283 g/mol. The molecule has 0 amide bonds. The second-order valence-electron chi connectivity index (χ2n) is 4.72. The molecular weight excluding hydrogens is 268 g/mol. The highest BCUT2D eigenvalue weighted by atomic mass is 32.2. The van der Waals surface area contributed by atoms with Gasteiger partial charge in [-0.2, -0.15) is 0 Å². The van der Waals surface area contributed by atoms with E-state index in [2.05, 4.69) is 11.0 Å². The SMILES string of the molecule is CN1CCC(S(=O)(=O)c2[c]ccc([N+](=O)[O-])c2)CC1. The Kier molecular flexibility index (Phi) is 3.86. The first kappa shape index (κ1) is 14.0. The maximum Gasteiger partial charge on any atom is 0.270 e. The standard InChI is InChI=1S/C12H15N2O4S/c1-13-7-5-11(6-8-13)19(17,18)12-4-2-3-10(9-12)14(15)16/h2-3,9,11H,5-8H2,1H3. The summed E-state index contributed by atoms with van der Waals surface area (Å²) < 4.78 is 24.8. The molecule has 1 aromatic carbocycles. The zero-order valence-electron chi connectivity index (χ0n) is 10.6. The molecule has 0 atom stereocenters. The number of non-ortho nitro benzene ring substituents is 1. The summed E-state index contributed by atoms with van der Waals surface area (Å²) >= 11 is 0. The normalized spacial score (nSPS) is 18.4. The van der Waals surface area contributed by atoms with Crippen molar-refractivity contribution in [2.45, 2.75) is 23.0 Å². The van der Waals surface area contributed by atoms with Crippen LogP contribution in [0.2, 0.25) is 0 Å². The molecule has 1 fully saturated rings. The molecule has 19 heavy (non-hydrogen) atoms. The number of hydrogen-bond acceptors (Lipinski definition) is 5. The van der Waals surface area contributed by atoms with Gasteiger partial charge in [0.2, 0.25) is 0 Å². The van der Waals surface area contributed by atoms with Crippen LogP contribution in [-0.2, 0) is 9.84 Å². The van der Waals surface area contributed by atoms with Crippen LogP contribution in [0.4, 0.5) is 5.69 Å². The Morgan fingerprint density at radius 1 is 1.42 bits per heavy atom. The van der Waals surface area contributed by atoms with Crippen LogP contribution in [0.5, 0.6) is 0 Å². The minimum Gasteiger partial charge on any atom is -0.306 e. The summed E-state index contributed by atoms with van der Waals surface area (Å²) in [6.07, 6.45) is 1.10. The van der Waals surface area contributed by atoms with Gasteiger partial charge in [-0.05, 0) is 39.0 Å². The number of nitro benzene ring substituents is 1. The second kappa shape index (κ2) is 5.26. The number of benzene rings is 1. The maximum atomic E-state index is 12.4. The molecule has 0 N–H and O–H groups in total. The fourth-order valence-corrected chi connectivity index (χ4v) is 3.89. The van der Waals surface area contributed by atoms with Crippen molar-refractivity contribution in [2.24, 2.45) is 0 Å². The van der Waals surface area contributed by atoms with Crippen molar-refractivity contribution in [3.63, 3.8) is 0 Å². The number of likely N-dealkylation sites (tertiary alicyclic amines) is 1. The lowest BCUT2D eigenvalue weighted by Crippen LogP contribution is -2.37. The molecule has 0 bridgehead atoms. The fraction of sp³-hybridized carbons (Fsp3) is 0.500. The quantitative estimate of drug-likeness (QED) is 0.616. The summed E-state index contributed by atoms with van der Waals surface area (Å²) in [6.45, 7) is 1.44. The number of nitrogens with zero attached hydrogens (tertiary/aromatic N) is 2. The molecule has 1 aliphatic rings. The van der Waals surface area contributed by atoms with Crippen LogP contribution in [0, 0.1) is 16.2 Å². The molecule has 7 heteroatoms. The predicted octanol–water partition coefficient (Wildman–Crippen LogP) is 1.26. The Labute approximate surface area is 112 Å². The van der Waals surface area contributed by atoms with Crippen LogP contribution in [0.25, 0.3) is 0 Å². The van der Waals surface area contributed by atoms with Gasteiger partial charge in [0.25, 0.3) is 5.69 Å². The van der Waals surface area contributed by atoms with Crippen molar-refractivity contribution in [1.29, 1.82) is 0 Å². The van der Waals surface area contributed by atoms with Crippen LogP contribution in [-0.4, -0.2) is 43.6 Å². The van der Waals surface area contributed by atoms with Gasteiger partial charge in [-0.3, -0.25) is 10.1 Å². The zero-order chi connectivity index (χ0) is 14.0. The average molecular weight is 283 g/mol. The predicted molar refractivity (Wildman–Crippen MR) is 69.6 cm³/mol. The van der Waals surface area contributed by atoms with E-state index in [0.717, 1.165) is 19.2 Å². The van der Waals surface area contributed by atoms with E-state index < -0.39 is 20.0 Å². The van der Waals surface area contributed by atoms with Gasteiger partial charge in [-0.25, -0.2) is 8.42 Å². The Hall–Kier alpha value is -1.47. The van der Waals surface area contributed by atoms with Gasteiger partial charge in [0.05, 0.1) is 15.1 Å². The third kappa shape index (κ3) is 2.93. The molecule has 1 aromatic rings. The molecule has 6 nitrogen and oxygen atoms in total. The lowest BCUT2D eigenvalue weighted by Gasteiger charge is -2.28. The van der Waals surface area contributed by atoms with Gasteiger partial charge in [0, 0.05) is 18.2 Å². The fourth-order valence-electron chi connectivity index (χ4n) is 2.19. The first-order valence-electron chi connectivity index (χ1n) is 6.00. The highest BCUT2D eigenvalue weighted by molar-refractivity contribution is 7.92. The molecule has 1 aliphatic heterocycles. The molecule has 0 aliphatic carbocycles. The molecule has 1 heterocycles. The van der Waals surface area contributed by atoms with Gasteiger partial charge < -0.3 is 4.90 Å². The van der Waals surface area contributed by atoms with Gasteiger partial charge >= 0.3 is 0 Å².